The molecule has 0 aliphatic rings. The number of hydrogen-bond acceptors (Lipinski definition) is 3. The highest BCUT2D eigenvalue weighted by Gasteiger charge is 2.27. The standard InChI is InChI=1S/C15H18ClN3O/c1-15(2,3)14(20)13(19-10-17-9-18-19)8-11-6-4-5-7-12(11)16/h4-10,14,20H,1-3H3/b13-8+/t14-/m1/s1. The lowest BCUT2D eigenvalue weighted by molar-refractivity contribution is 0.109. The van der Waals surface area contributed by atoms with Crippen LogP contribution in [0.4, 0.5) is 0 Å². The van der Waals surface area contributed by atoms with E-state index >= 15 is 0 Å². The molecule has 1 heterocycles. The molecule has 1 N–H and O–H groups in total. The Balaban J connectivity index is 2.51. The first-order valence-corrected chi connectivity index (χ1v) is 6.76. The number of halogens is 1. The van der Waals surface area contributed by atoms with Crippen molar-refractivity contribution in [1.29, 1.82) is 0 Å². The summed E-state index contributed by atoms with van der Waals surface area (Å²) in [6.07, 6.45) is 4.15. The van der Waals surface area contributed by atoms with E-state index in [1.54, 1.807) is 11.0 Å². The van der Waals surface area contributed by atoms with Gasteiger partial charge in [-0.05, 0) is 23.1 Å². The highest BCUT2D eigenvalue weighted by molar-refractivity contribution is 6.32. The molecule has 20 heavy (non-hydrogen) atoms. The molecule has 1 aromatic heterocycles. The Morgan fingerprint density at radius 2 is 2.05 bits per heavy atom. The highest BCUT2D eigenvalue weighted by Crippen LogP contribution is 2.29. The summed E-state index contributed by atoms with van der Waals surface area (Å²) >= 11 is 6.18. The van der Waals surface area contributed by atoms with Crippen molar-refractivity contribution in [2.45, 2.75) is 26.9 Å². The maximum absolute atomic E-state index is 10.6. The van der Waals surface area contributed by atoms with E-state index < -0.39 is 6.10 Å². The molecule has 4 nitrogen and oxygen atoms in total. The van der Waals surface area contributed by atoms with Gasteiger partial charge in [0.2, 0.25) is 0 Å². The smallest absolute Gasteiger partial charge is 0.138 e. The summed E-state index contributed by atoms with van der Waals surface area (Å²) in [4.78, 5) is 3.94. The molecule has 0 saturated heterocycles. The van der Waals surface area contributed by atoms with Gasteiger partial charge in [-0.3, -0.25) is 0 Å². The van der Waals surface area contributed by atoms with Crippen molar-refractivity contribution in [2.24, 2.45) is 5.41 Å². The Kier molecular flexibility index (Phi) is 4.26. The number of benzene rings is 1. The lowest BCUT2D eigenvalue weighted by Gasteiger charge is -2.28. The van der Waals surface area contributed by atoms with Crippen LogP contribution in [0.2, 0.25) is 5.02 Å². The Morgan fingerprint density at radius 3 is 2.60 bits per heavy atom. The lowest BCUT2D eigenvalue weighted by atomic mass is 9.86. The summed E-state index contributed by atoms with van der Waals surface area (Å²) in [6.45, 7) is 5.90. The molecule has 106 valence electrons. The number of nitrogens with zero attached hydrogens (tertiary/aromatic N) is 3. The molecule has 0 saturated carbocycles. The van der Waals surface area contributed by atoms with Crippen molar-refractivity contribution >= 4 is 23.4 Å². The van der Waals surface area contributed by atoms with Crippen LogP contribution in [-0.4, -0.2) is 26.0 Å². The minimum absolute atomic E-state index is 0.320. The summed E-state index contributed by atoms with van der Waals surface area (Å²) in [7, 11) is 0. The number of aromatic nitrogens is 3. The molecular formula is C15H18ClN3O. The van der Waals surface area contributed by atoms with Gasteiger partial charge >= 0.3 is 0 Å². The van der Waals surface area contributed by atoms with Crippen LogP contribution < -0.4 is 0 Å². The molecular weight excluding hydrogens is 274 g/mol. The number of rotatable bonds is 3. The Bertz CT molecular complexity index is 600. The zero-order chi connectivity index (χ0) is 14.8. The van der Waals surface area contributed by atoms with Gasteiger partial charge in [-0.15, -0.1) is 0 Å². The van der Waals surface area contributed by atoms with Gasteiger partial charge < -0.3 is 5.11 Å². The third kappa shape index (κ3) is 3.26. The van der Waals surface area contributed by atoms with Gasteiger partial charge in [0.05, 0.1) is 5.70 Å². The van der Waals surface area contributed by atoms with E-state index in [-0.39, 0.29) is 5.41 Å². The molecule has 0 aliphatic heterocycles. The molecule has 0 aliphatic carbocycles. The van der Waals surface area contributed by atoms with Gasteiger partial charge in [0.15, 0.2) is 0 Å². The third-order valence-corrected chi connectivity index (χ3v) is 3.34. The molecule has 2 rings (SSSR count). The number of aliphatic hydroxyl groups excluding tert-OH is 1. The van der Waals surface area contributed by atoms with Crippen molar-refractivity contribution in [1.82, 2.24) is 14.8 Å². The molecule has 1 atom stereocenters. The van der Waals surface area contributed by atoms with Gasteiger partial charge in [-0.25, -0.2) is 9.67 Å². The van der Waals surface area contributed by atoms with Crippen molar-refractivity contribution in [3.05, 3.63) is 47.5 Å². The largest absolute Gasteiger partial charge is 0.386 e. The first-order valence-electron chi connectivity index (χ1n) is 6.39. The fourth-order valence-corrected chi connectivity index (χ4v) is 2.00. The molecule has 0 fully saturated rings. The summed E-state index contributed by atoms with van der Waals surface area (Å²) < 4.78 is 1.57. The van der Waals surface area contributed by atoms with Crippen molar-refractivity contribution in [2.75, 3.05) is 0 Å². The minimum Gasteiger partial charge on any atom is -0.386 e. The van der Waals surface area contributed by atoms with E-state index in [1.807, 2.05) is 51.1 Å². The average molecular weight is 292 g/mol. The summed E-state index contributed by atoms with van der Waals surface area (Å²) in [6, 6.07) is 7.49. The maximum Gasteiger partial charge on any atom is 0.138 e. The zero-order valence-electron chi connectivity index (χ0n) is 11.8. The fourth-order valence-electron chi connectivity index (χ4n) is 1.81. The van der Waals surface area contributed by atoms with Crippen LogP contribution in [0.25, 0.3) is 11.8 Å². The maximum atomic E-state index is 10.6. The van der Waals surface area contributed by atoms with Crippen LogP contribution in [0, 0.1) is 5.41 Å². The number of aliphatic hydroxyl groups is 1. The van der Waals surface area contributed by atoms with Gasteiger partial charge in [0, 0.05) is 5.02 Å². The summed E-state index contributed by atoms with van der Waals surface area (Å²) in [5.74, 6) is 0. The first kappa shape index (κ1) is 14.8. The van der Waals surface area contributed by atoms with Gasteiger partial charge in [0.1, 0.15) is 18.8 Å². The highest BCUT2D eigenvalue weighted by atomic mass is 35.5. The Morgan fingerprint density at radius 1 is 1.35 bits per heavy atom. The predicted octanol–water partition coefficient (Wildman–Crippen LogP) is 3.34. The summed E-state index contributed by atoms with van der Waals surface area (Å²) in [5, 5.41) is 15.3. The van der Waals surface area contributed by atoms with Crippen LogP contribution in [0.3, 0.4) is 0 Å². The van der Waals surface area contributed by atoms with E-state index in [9.17, 15) is 5.11 Å². The van der Waals surface area contributed by atoms with E-state index in [1.165, 1.54) is 6.33 Å². The van der Waals surface area contributed by atoms with Crippen LogP contribution >= 0.6 is 11.6 Å². The third-order valence-electron chi connectivity index (χ3n) is 2.99. The van der Waals surface area contributed by atoms with E-state index in [2.05, 4.69) is 10.1 Å². The summed E-state index contributed by atoms with van der Waals surface area (Å²) in [5.41, 5.74) is 1.16. The van der Waals surface area contributed by atoms with E-state index in [0.717, 1.165) is 5.56 Å². The second kappa shape index (κ2) is 5.77. The van der Waals surface area contributed by atoms with Gasteiger partial charge in [-0.2, -0.15) is 5.10 Å². The van der Waals surface area contributed by atoms with Crippen molar-refractivity contribution in [3.8, 4) is 0 Å². The molecule has 2 aromatic rings. The second-order valence-electron chi connectivity index (χ2n) is 5.70. The molecule has 0 bridgehead atoms. The van der Waals surface area contributed by atoms with E-state index in [0.29, 0.717) is 10.7 Å². The van der Waals surface area contributed by atoms with Crippen LogP contribution in [0.5, 0.6) is 0 Å². The monoisotopic (exact) mass is 291 g/mol. The van der Waals surface area contributed by atoms with Gasteiger partial charge in [-0.1, -0.05) is 50.6 Å². The van der Waals surface area contributed by atoms with Crippen LogP contribution in [-0.2, 0) is 0 Å². The molecule has 0 unspecified atom stereocenters. The fraction of sp³-hybridized carbons (Fsp3) is 0.333. The number of hydrogen-bond donors (Lipinski definition) is 1. The molecule has 5 heteroatoms. The topological polar surface area (TPSA) is 50.9 Å². The molecule has 0 amide bonds. The van der Waals surface area contributed by atoms with E-state index in [4.69, 9.17) is 11.6 Å². The normalized spacial score (nSPS) is 14.3. The zero-order valence-corrected chi connectivity index (χ0v) is 12.5. The van der Waals surface area contributed by atoms with Crippen LogP contribution in [0.1, 0.15) is 26.3 Å². The van der Waals surface area contributed by atoms with Crippen molar-refractivity contribution in [3.63, 3.8) is 0 Å². The minimum atomic E-state index is -0.694. The molecule has 0 spiro atoms. The molecule has 1 aromatic carbocycles. The molecule has 0 radical (unpaired) electrons. The average Bonchev–Trinajstić information content (AvgIpc) is 2.89. The first-order chi connectivity index (χ1) is 9.39. The van der Waals surface area contributed by atoms with Crippen molar-refractivity contribution < 1.29 is 5.11 Å². The lowest BCUT2D eigenvalue weighted by Crippen LogP contribution is -2.29. The van der Waals surface area contributed by atoms with Crippen LogP contribution in [0.15, 0.2) is 36.9 Å². The Hall–Kier alpha value is -1.65. The SMILES string of the molecule is CC(C)(C)[C@H](O)/C(=C\c1ccccc1Cl)n1cncn1. The Labute approximate surface area is 123 Å². The second-order valence-corrected chi connectivity index (χ2v) is 6.11. The van der Waals surface area contributed by atoms with Gasteiger partial charge in [0.25, 0.3) is 0 Å². The quantitative estimate of drug-likeness (QED) is 0.943. The predicted molar refractivity (Wildman–Crippen MR) is 81.1 cm³/mol.